The summed E-state index contributed by atoms with van der Waals surface area (Å²) in [5.74, 6) is 0. The van der Waals surface area contributed by atoms with Crippen molar-refractivity contribution in [3.8, 4) is 0 Å². The monoisotopic (exact) mass is 420 g/mol. The summed E-state index contributed by atoms with van der Waals surface area (Å²) < 4.78 is 0. The summed E-state index contributed by atoms with van der Waals surface area (Å²) >= 11 is 0. The van der Waals surface area contributed by atoms with Gasteiger partial charge >= 0.3 is 26.2 Å². The molecule has 0 bridgehead atoms. The number of hydrogen-bond donors (Lipinski definition) is 0. The SMILES string of the molecule is CC[N-]CC.CC[N-]CC.CC[c-]1cccc1.CC[c-]1cccc1.[Zr+4]. The Morgan fingerprint density at radius 3 is 0.840 bits per heavy atom. The van der Waals surface area contributed by atoms with Crippen LogP contribution in [0.25, 0.3) is 10.6 Å². The quantitative estimate of drug-likeness (QED) is 0.462. The molecule has 0 N–H and O–H groups in total. The molecule has 0 amide bonds. The topological polar surface area (TPSA) is 28.2 Å². The molecule has 0 fully saturated rings. The van der Waals surface area contributed by atoms with Crippen LogP contribution in [-0.2, 0) is 39.0 Å². The Hall–Kier alpha value is -0.497. The van der Waals surface area contributed by atoms with Crippen LogP contribution < -0.4 is 0 Å². The molecule has 0 radical (unpaired) electrons. The molecular weight excluding hydrogens is 383 g/mol. The van der Waals surface area contributed by atoms with Crippen molar-refractivity contribution in [2.24, 2.45) is 0 Å². The van der Waals surface area contributed by atoms with E-state index in [-0.39, 0.29) is 26.2 Å². The fraction of sp³-hybridized carbons (Fsp3) is 0.545. The van der Waals surface area contributed by atoms with Crippen LogP contribution in [0.1, 0.15) is 52.7 Å². The van der Waals surface area contributed by atoms with E-state index in [9.17, 15) is 0 Å². The third-order valence-electron chi connectivity index (χ3n) is 3.17. The van der Waals surface area contributed by atoms with E-state index in [2.05, 4.69) is 73.0 Å². The van der Waals surface area contributed by atoms with Crippen LogP contribution in [0.15, 0.2) is 48.5 Å². The molecule has 0 saturated carbocycles. The maximum atomic E-state index is 3.97. The Kier molecular flexibility index (Phi) is 30.1. The van der Waals surface area contributed by atoms with Crippen molar-refractivity contribution >= 4 is 0 Å². The van der Waals surface area contributed by atoms with Crippen molar-refractivity contribution in [3.63, 3.8) is 0 Å². The molecule has 0 aliphatic heterocycles. The van der Waals surface area contributed by atoms with Crippen molar-refractivity contribution in [1.82, 2.24) is 0 Å². The Bertz CT molecular complexity index is 349. The molecule has 3 heteroatoms. The van der Waals surface area contributed by atoms with Crippen molar-refractivity contribution < 1.29 is 26.2 Å². The third-order valence-corrected chi connectivity index (χ3v) is 3.17. The van der Waals surface area contributed by atoms with Crippen molar-refractivity contribution in [3.05, 3.63) is 70.3 Å². The Morgan fingerprint density at radius 2 is 0.760 bits per heavy atom. The zero-order chi connectivity index (χ0) is 18.5. The molecule has 2 aromatic rings. The zero-order valence-corrected chi connectivity index (χ0v) is 19.7. The predicted molar refractivity (Wildman–Crippen MR) is 112 cm³/mol. The minimum absolute atomic E-state index is 0. The van der Waals surface area contributed by atoms with Gasteiger partial charge in [0.1, 0.15) is 0 Å². The van der Waals surface area contributed by atoms with E-state index in [0.29, 0.717) is 0 Å². The van der Waals surface area contributed by atoms with E-state index in [1.807, 2.05) is 27.7 Å². The normalized spacial score (nSPS) is 8.56. The molecule has 0 spiro atoms. The second kappa shape index (κ2) is 25.7. The second-order valence-corrected chi connectivity index (χ2v) is 5.01. The van der Waals surface area contributed by atoms with E-state index < -0.39 is 0 Å². The Balaban J connectivity index is -0.000000259. The summed E-state index contributed by atoms with van der Waals surface area (Å²) in [6.07, 6.45) is 2.32. The van der Waals surface area contributed by atoms with Crippen molar-refractivity contribution in [2.75, 3.05) is 26.2 Å². The maximum Gasteiger partial charge on any atom is 4.00 e. The second-order valence-electron chi connectivity index (χ2n) is 5.01. The number of hydrogen-bond acceptors (Lipinski definition) is 0. The number of aryl methyl sites for hydroxylation is 2. The van der Waals surface area contributed by atoms with Gasteiger partial charge in [0.15, 0.2) is 0 Å². The minimum Gasteiger partial charge on any atom is -0.663 e. The molecule has 2 rings (SSSR count). The van der Waals surface area contributed by atoms with Crippen molar-refractivity contribution in [1.29, 1.82) is 0 Å². The minimum atomic E-state index is 0. The smallest absolute Gasteiger partial charge is 0.663 e. The molecule has 0 heterocycles. The first-order valence-electron chi connectivity index (χ1n) is 9.37. The largest absolute Gasteiger partial charge is 4.00 e. The molecule has 0 atom stereocenters. The first kappa shape index (κ1) is 29.3. The Morgan fingerprint density at radius 1 is 0.520 bits per heavy atom. The summed E-state index contributed by atoms with van der Waals surface area (Å²) in [6, 6.07) is 16.8. The van der Waals surface area contributed by atoms with Gasteiger partial charge in [-0.1, -0.05) is 54.4 Å². The summed E-state index contributed by atoms with van der Waals surface area (Å²) in [5, 5.41) is 7.94. The molecule has 0 saturated heterocycles. The third kappa shape index (κ3) is 23.5. The van der Waals surface area contributed by atoms with Gasteiger partial charge in [-0.15, -0.1) is 0 Å². The number of nitrogens with zero attached hydrogens (tertiary/aromatic N) is 2. The average Bonchev–Trinajstić information content (AvgIpc) is 3.31. The van der Waals surface area contributed by atoms with Crippen LogP contribution in [0.5, 0.6) is 0 Å². The average molecular weight is 422 g/mol. The molecule has 2 nitrogen and oxygen atoms in total. The van der Waals surface area contributed by atoms with Crippen LogP contribution in [0.2, 0.25) is 0 Å². The van der Waals surface area contributed by atoms with Crippen LogP contribution in [0.3, 0.4) is 0 Å². The first-order valence-corrected chi connectivity index (χ1v) is 9.37. The van der Waals surface area contributed by atoms with E-state index in [4.69, 9.17) is 0 Å². The predicted octanol–water partition coefficient (Wildman–Crippen LogP) is 6.73. The van der Waals surface area contributed by atoms with Gasteiger partial charge < -0.3 is 10.6 Å². The van der Waals surface area contributed by atoms with Gasteiger partial charge in [-0.2, -0.15) is 61.6 Å². The van der Waals surface area contributed by atoms with Gasteiger partial charge in [0.25, 0.3) is 0 Å². The fourth-order valence-electron chi connectivity index (χ4n) is 1.75. The summed E-state index contributed by atoms with van der Waals surface area (Å²) in [6.45, 7) is 16.4. The van der Waals surface area contributed by atoms with Gasteiger partial charge in [-0.3, -0.25) is 0 Å². The zero-order valence-electron chi connectivity index (χ0n) is 17.3. The number of rotatable bonds is 6. The van der Waals surface area contributed by atoms with Crippen LogP contribution in [-0.4, -0.2) is 26.2 Å². The van der Waals surface area contributed by atoms with E-state index in [1.165, 1.54) is 11.1 Å². The molecule has 0 aromatic heterocycles. The van der Waals surface area contributed by atoms with Gasteiger partial charge in [-0.05, 0) is 0 Å². The molecular formula is C22H38N2Zr. The summed E-state index contributed by atoms with van der Waals surface area (Å²) in [7, 11) is 0. The Labute approximate surface area is 176 Å². The van der Waals surface area contributed by atoms with E-state index in [0.717, 1.165) is 39.0 Å². The fourth-order valence-corrected chi connectivity index (χ4v) is 1.75. The molecule has 2 aromatic carbocycles. The van der Waals surface area contributed by atoms with E-state index in [1.54, 1.807) is 0 Å². The maximum absolute atomic E-state index is 3.97. The van der Waals surface area contributed by atoms with Crippen molar-refractivity contribution in [2.45, 2.75) is 54.4 Å². The van der Waals surface area contributed by atoms with E-state index >= 15 is 0 Å². The molecule has 140 valence electrons. The standard InChI is InChI=1S/2C7H9.2C4H10N.Zr/c2*1-2-7-5-3-4-6-7;2*1-3-5-4-2;/h2*3-6H,2H2,1H3;2*3-4H2,1-2H3;/q4*-1;+4. The van der Waals surface area contributed by atoms with Gasteiger partial charge in [0.05, 0.1) is 0 Å². The van der Waals surface area contributed by atoms with Crippen LogP contribution >= 0.6 is 0 Å². The van der Waals surface area contributed by atoms with Crippen LogP contribution in [0.4, 0.5) is 0 Å². The molecule has 0 aliphatic carbocycles. The first-order chi connectivity index (χ1) is 11.7. The summed E-state index contributed by atoms with van der Waals surface area (Å²) in [5.41, 5.74) is 2.86. The molecule has 0 aliphatic rings. The molecule has 25 heavy (non-hydrogen) atoms. The van der Waals surface area contributed by atoms with Crippen LogP contribution in [0, 0.1) is 0 Å². The van der Waals surface area contributed by atoms with Gasteiger partial charge in [0, 0.05) is 0 Å². The molecule has 0 unspecified atom stereocenters. The van der Waals surface area contributed by atoms with Gasteiger partial charge in [0.2, 0.25) is 0 Å². The van der Waals surface area contributed by atoms with Gasteiger partial charge in [-0.25, -0.2) is 24.3 Å². The summed E-state index contributed by atoms with van der Waals surface area (Å²) in [4.78, 5) is 0.